The molecule has 0 bridgehead atoms. The monoisotopic (exact) mass is 209 g/mol. The third kappa shape index (κ3) is 1.31. The molecule has 1 aliphatic carbocycles. The van der Waals surface area contributed by atoms with Crippen molar-refractivity contribution in [2.24, 2.45) is 5.16 Å². The van der Waals surface area contributed by atoms with Crippen LogP contribution in [-0.4, -0.2) is 10.9 Å². The lowest BCUT2D eigenvalue weighted by Gasteiger charge is -2.14. The molecule has 2 nitrogen and oxygen atoms in total. The molecule has 0 fully saturated rings. The van der Waals surface area contributed by atoms with Crippen molar-refractivity contribution in [1.29, 1.82) is 0 Å². The number of rotatable bonds is 0. The van der Waals surface area contributed by atoms with E-state index in [1.807, 2.05) is 24.3 Å². The van der Waals surface area contributed by atoms with Gasteiger partial charge in [-0.05, 0) is 28.0 Å². The Hall–Kier alpha value is -2.09. The minimum Gasteiger partial charge on any atom is -0.411 e. The molecule has 0 saturated carbocycles. The number of oxime groups is 1. The van der Waals surface area contributed by atoms with E-state index in [0.717, 1.165) is 0 Å². The van der Waals surface area contributed by atoms with E-state index < -0.39 is 0 Å². The van der Waals surface area contributed by atoms with Gasteiger partial charge in [0.1, 0.15) is 0 Å². The summed E-state index contributed by atoms with van der Waals surface area (Å²) in [6.07, 6.45) is 4.56. The number of fused-ring (bicyclic) bond motifs is 3. The van der Waals surface area contributed by atoms with Crippen molar-refractivity contribution >= 4 is 22.6 Å². The van der Waals surface area contributed by atoms with E-state index in [1.54, 1.807) is 0 Å². The Morgan fingerprint density at radius 3 is 2.75 bits per heavy atom. The molecule has 2 heteroatoms. The summed E-state index contributed by atoms with van der Waals surface area (Å²) in [6.45, 7) is 0. The van der Waals surface area contributed by atoms with E-state index in [2.05, 4.69) is 29.4 Å². The predicted octanol–water partition coefficient (Wildman–Crippen LogP) is 3.24. The average molecular weight is 209 g/mol. The van der Waals surface area contributed by atoms with Gasteiger partial charge in [0.2, 0.25) is 0 Å². The topological polar surface area (TPSA) is 32.6 Å². The van der Waals surface area contributed by atoms with Crippen LogP contribution in [0.25, 0.3) is 16.8 Å². The summed E-state index contributed by atoms with van der Waals surface area (Å²) in [4.78, 5) is 0. The van der Waals surface area contributed by atoms with Gasteiger partial charge in [0, 0.05) is 6.42 Å². The molecule has 78 valence electrons. The van der Waals surface area contributed by atoms with Crippen molar-refractivity contribution in [3.8, 4) is 0 Å². The van der Waals surface area contributed by atoms with Crippen LogP contribution in [0, 0.1) is 0 Å². The molecule has 3 rings (SSSR count). The first-order chi connectivity index (χ1) is 7.88. The molecule has 1 aliphatic rings. The van der Waals surface area contributed by atoms with Crippen LogP contribution in [0.3, 0.4) is 0 Å². The van der Waals surface area contributed by atoms with Crippen LogP contribution in [0.15, 0.2) is 47.6 Å². The molecule has 16 heavy (non-hydrogen) atoms. The van der Waals surface area contributed by atoms with Crippen molar-refractivity contribution in [3.63, 3.8) is 0 Å². The Balaban J connectivity index is 2.31. The minimum absolute atomic E-state index is 0.698. The van der Waals surface area contributed by atoms with E-state index in [0.29, 0.717) is 12.1 Å². The van der Waals surface area contributed by atoms with Gasteiger partial charge in [-0.15, -0.1) is 0 Å². The number of benzene rings is 2. The van der Waals surface area contributed by atoms with Gasteiger partial charge < -0.3 is 5.21 Å². The van der Waals surface area contributed by atoms with E-state index in [4.69, 9.17) is 5.21 Å². The Kier molecular flexibility index (Phi) is 2.00. The zero-order chi connectivity index (χ0) is 11.0. The fourth-order valence-corrected chi connectivity index (χ4v) is 2.20. The van der Waals surface area contributed by atoms with Gasteiger partial charge in [-0.1, -0.05) is 47.6 Å². The van der Waals surface area contributed by atoms with Crippen LogP contribution in [0.5, 0.6) is 0 Å². The quantitative estimate of drug-likeness (QED) is 0.524. The van der Waals surface area contributed by atoms with Crippen LogP contribution in [0.2, 0.25) is 0 Å². The summed E-state index contributed by atoms with van der Waals surface area (Å²) in [5, 5.41) is 14.6. The lowest BCUT2D eigenvalue weighted by molar-refractivity contribution is 0.318. The molecule has 0 unspecified atom stereocenters. The molecule has 0 radical (unpaired) electrons. The molecule has 0 atom stereocenters. The molecule has 0 amide bonds. The van der Waals surface area contributed by atoms with Gasteiger partial charge in [-0.3, -0.25) is 0 Å². The van der Waals surface area contributed by atoms with Gasteiger partial charge in [-0.2, -0.15) is 0 Å². The van der Waals surface area contributed by atoms with Gasteiger partial charge in [0.25, 0.3) is 0 Å². The molecule has 0 saturated heterocycles. The molecule has 1 N–H and O–H groups in total. The fraction of sp³-hybridized carbons (Fsp3) is 0.0714. The number of allylic oxidation sites excluding steroid dienone is 1. The maximum atomic E-state index is 8.83. The third-order valence-corrected chi connectivity index (χ3v) is 3.02. The highest BCUT2D eigenvalue weighted by atomic mass is 16.4. The summed E-state index contributed by atoms with van der Waals surface area (Å²) in [5.41, 5.74) is 3.17. The zero-order valence-corrected chi connectivity index (χ0v) is 8.72. The summed E-state index contributed by atoms with van der Waals surface area (Å²) in [5.74, 6) is 0. The first-order valence-corrected chi connectivity index (χ1v) is 5.28. The van der Waals surface area contributed by atoms with E-state index >= 15 is 0 Å². The Labute approximate surface area is 93.5 Å². The SMILES string of the molecule is ON=C1C=Cc2ccc3ccccc3c2C1. The average Bonchev–Trinajstić information content (AvgIpc) is 2.38. The molecule has 2 aromatic carbocycles. The Morgan fingerprint density at radius 2 is 1.88 bits per heavy atom. The first-order valence-electron chi connectivity index (χ1n) is 5.28. The van der Waals surface area contributed by atoms with Gasteiger partial charge in [0.05, 0.1) is 5.71 Å². The number of hydrogen-bond acceptors (Lipinski definition) is 2. The second-order valence-electron chi connectivity index (χ2n) is 3.96. The summed E-state index contributed by atoms with van der Waals surface area (Å²) < 4.78 is 0. The highest BCUT2D eigenvalue weighted by molar-refractivity contribution is 6.05. The summed E-state index contributed by atoms with van der Waals surface area (Å²) >= 11 is 0. The standard InChI is InChI=1S/C14H11NO/c16-15-12-8-7-11-6-5-10-3-1-2-4-13(10)14(11)9-12/h1-8,16H,9H2. The van der Waals surface area contributed by atoms with Gasteiger partial charge in [0.15, 0.2) is 0 Å². The maximum Gasteiger partial charge on any atom is 0.0840 e. The maximum absolute atomic E-state index is 8.83. The van der Waals surface area contributed by atoms with E-state index in [-0.39, 0.29) is 0 Å². The normalized spacial score (nSPS) is 16.6. The minimum atomic E-state index is 0.698. The summed E-state index contributed by atoms with van der Waals surface area (Å²) in [6, 6.07) is 12.5. The molecule has 2 aromatic rings. The zero-order valence-electron chi connectivity index (χ0n) is 8.72. The van der Waals surface area contributed by atoms with Crippen molar-refractivity contribution in [3.05, 3.63) is 53.6 Å². The molecular weight excluding hydrogens is 198 g/mol. The number of nitrogens with zero attached hydrogens (tertiary/aromatic N) is 1. The molecule has 0 spiro atoms. The van der Waals surface area contributed by atoms with E-state index in [1.165, 1.54) is 21.9 Å². The largest absolute Gasteiger partial charge is 0.411 e. The van der Waals surface area contributed by atoms with Crippen LogP contribution in [-0.2, 0) is 6.42 Å². The lowest BCUT2D eigenvalue weighted by atomic mass is 9.91. The van der Waals surface area contributed by atoms with Gasteiger partial charge >= 0.3 is 0 Å². The van der Waals surface area contributed by atoms with E-state index in [9.17, 15) is 0 Å². The van der Waals surface area contributed by atoms with Crippen molar-refractivity contribution in [2.45, 2.75) is 6.42 Å². The Bertz CT molecular complexity index is 611. The highest BCUT2D eigenvalue weighted by Crippen LogP contribution is 2.26. The molecular formula is C14H11NO. The van der Waals surface area contributed by atoms with Crippen LogP contribution < -0.4 is 0 Å². The highest BCUT2D eigenvalue weighted by Gasteiger charge is 2.12. The number of hydrogen-bond donors (Lipinski definition) is 1. The van der Waals surface area contributed by atoms with Crippen LogP contribution in [0.1, 0.15) is 11.1 Å². The second-order valence-corrected chi connectivity index (χ2v) is 3.96. The lowest BCUT2D eigenvalue weighted by Crippen LogP contribution is -2.06. The van der Waals surface area contributed by atoms with Crippen LogP contribution >= 0.6 is 0 Å². The van der Waals surface area contributed by atoms with Crippen molar-refractivity contribution in [1.82, 2.24) is 0 Å². The second kappa shape index (κ2) is 3.49. The van der Waals surface area contributed by atoms with Crippen molar-refractivity contribution < 1.29 is 5.21 Å². The smallest absolute Gasteiger partial charge is 0.0840 e. The predicted molar refractivity (Wildman–Crippen MR) is 65.9 cm³/mol. The van der Waals surface area contributed by atoms with Crippen molar-refractivity contribution in [2.75, 3.05) is 0 Å². The molecule has 0 heterocycles. The molecule has 0 aromatic heterocycles. The Morgan fingerprint density at radius 1 is 1.00 bits per heavy atom. The van der Waals surface area contributed by atoms with Crippen LogP contribution in [0.4, 0.5) is 0 Å². The summed E-state index contributed by atoms with van der Waals surface area (Å²) in [7, 11) is 0. The fourth-order valence-electron chi connectivity index (χ4n) is 2.20. The molecule has 0 aliphatic heterocycles. The third-order valence-electron chi connectivity index (χ3n) is 3.02. The van der Waals surface area contributed by atoms with Gasteiger partial charge in [-0.25, -0.2) is 0 Å². The first kappa shape index (κ1) is 9.16.